The van der Waals surface area contributed by atoms with E-state index in [1.807, 2.05) is 0 Å². The molecule has 2 rings (SSSR count). The summed E-state index contributed by atoms with van der Waals surface area (Å²) in [6, 6.07) is 1.27. The van der Waals surface area contributed by atoms with Crippen LogP contribution >= 0.6 is 15.9 Å². The Balaban J connectivity index is 3.03. The van der Waals surface area contributed by atoms with Crippen LogP contribution in [-0.2, 0) is 7.05 Å². The molecule has 0 bridgehead atoms. The van der Waals surface area contributed by atoms with Crippen LogP contribution in [0.25, 0.3) is 5.65 Å². The van der Waals surface area contributed by atoms with Crippen molar-refractivity contribution >= 4 is 21.6 Å². The second-order valence-corrected chi connectivity index (χ2v) is 3.52. The quantitative estimate of drug-likeness (QED) is 0.693. The Morgan fingerprint density at radius 3 is 3.00 bits per heavy atom. The van der Waals surface area contributed by atoms with Gasteiger partial charge in [-0.25, -0.2) is 18.3 Å². The normalized spacial score (nSPS) is 11.0. The van der Waals surface area contributed by atoms with Crippen LogP contribution < -0.4 is 5.69 Å². The Hall–Kier alpha value is -1.17. The summed E-state index contributed by atoms with van der Waals surface area (Å²) < 4.78 is 15.9. The Morgan fingerprint density at radius 1 is 1.62 bits per heavy atom. The average molecular weight is 246 g/mol. The number of fused-ring (bicyclic) bond motifs is 1. The van der Waals surface area contributed by atoms with Gasteiger partial charge in [0.1, 0.15) is 0 Å². The van der Waals surface area contributed by atoms with Crippen molar-refractivity contribution in [3.05, 3.63) is 33.0 Å². The highest BCUT2D eigenvalue weighted by Crippen LogP contribution is 2.13. The zero-order valence-corrected chi connectivity index (χ0v) is 8.25. The molecule has 4 nitrogen and oxygen atoms in total. The number of nitrogens with zero attached hydrogens (tertiary/aromatic N) is 3. The molecule has 0 aliphatic heterocycles. The van der Waals surface area contributed by atoms with Gasteiger partial charge in [0.15, 0.2) is 11.5 Å². The molecule has 2 heterocycles. The maximum atomic E-state index is 13.2. The van der Waals surface area contributed by atoms with Gasteiger partial charge in [-0.3, -0.25) is 0 Å². The smallest absolute Gasteiger partial charge is 0.247 e. The minimum absolute atomic E-state index is 0.0377. The number of rotatable bonds is 0. The van der Waals surface area contributed by atoms with E-state index in [0.29, 0.717) is 4.47 Å². The monoisotopic (exact) mass is 245 g/mol. The summed E-state index contributed by atoms with van der Waals surface area (Å²) in [5, 5.41) is 3.72. The Morgan fingerprint density at radius 2 is 2.31 bits per heavy atom. The van der Waals surface area contributed by atoms with E-state index in [4.69, 9.17) is 0 Å². The van der Waals surface area contributed by atoms with Crippen LogP contribution in [0.1, 0.15) is 0 Å². The van der Waals surface area contributed by atoms with Crippen LogP contribution in [-0.4, -0.2) is 14.2 Å². The van der Waals surface area contributed by atoms with Crippen LogP contribution in [0.15, 0.2) is 21.5 Å². The molecule has 2 aromatic heterocycles. The van der Waals surface area contributed by atoms with Crippen molar-refractivity contribution in [3.8, 4) is 0 Å². The number of pyridine rings is 1. The lowest BCUT2D eigenvalue weighted by atomic mass is 10.4. The lowest BCUT2D eigenvalue weighted by molar-refractivity contribution is 0.626. The van der Waals surface area contributed by atoms with Crippen LogP contribution in [0, 0.1) is 5.82 Å². The molecule has 13 heavy (non-hydrogen) atoms. The summed E-state index contributed by atoms with van der Waals surface area (Å²) in [5.41, 5.74) is -0.328. The van der Waals surface area contributed by atoms with Gasteiger partial charge in [-0.05, 0) is 22.0 Å². The third kappa shape index (κ3) is 1.17. The van der Waals surface area contributed by atoms with E-state index in [-0.39, 0.29) is 11.3 Å². The topological polar surface area (TPSA) is 39.3 Å². The van der Waals surface area contributed by atoms with Crippen molar-refractivity contribution in [1.29, 1.82) is 0 Å². The highest BCUT2D eigenvalue weighted by Gasteiger charge is 2.08. The Bertz CT molecular complexity index is 530. The molecule has 0 aliphatic rings. The standard InChI is InChI=1S/C7H5BrFN3O/c1-11-7(13)12-3-4(8)2-5(9)6(12)10-11/h2-3H,1H3. The number of hydrogen-bond donors (Lipinski definition) is 0. The van der Waals surface area contributed by atoms with Gasteiger partial charge >= 0.3 is 5.69 Å². The summed E-state index contributed by atoms with van der Waals surface area (Å²) in [4.78, 5) is 11.3. The van der Waals surface area contributed by atoms with Crippen molar-refractivity contribution < 1.29 is 4.39 Å². The molecule has 0 spiro atoms. The van der Waals surface area contributed by atoms with E-state index in [9.17, 15) is 9.18 Å². The minimum atomic E-state index is -0.521. The lowest BCUT2D eigenvalue weighted by Crippen LogP contribution is -2.17. The molecule has 0 amide bonds. The van der Waals surface area contributed by atoms with Gasteiger partial charge in [-0.1, -0.05) is 0 Å². The van der Waals surface area contributed by atoms with E-state index in [1.54, 1.807) is 0 Å². The van der Waals surface area contributed by atoms with Crippen molar-refractivity contribution in [2.75, 3.05) is 0 Å². The predicted octanol–water partition coefficient (Wildman–Crippen LogP) is 0.935. The van der Waals surface area contributed by atoms with Gasteiger partial charge in [0, 0.05) is 17.7 Å². The van der Waals surface area contributed by atoms with Gasteiger partial charge in [0.25, 0.3) is 0 Å². The van der Waals surface area contributed by atoms with Gasteiger partial charge in [-0.15, -0.1) is 5.10 Å². The van der Waals surface area contributed by atoms with Crippen LogP contribution in [0.2, 0.25) is 0 Å². The summed E-state index contributed by atoms with van der Waals surface area (Å²) in [6.07, 6.45) is 1.48. The maximum absolute atomic E-state index is 13.2. The average Bonchev–Trinajstić information content (AvgIpc) is 2.32. The second-order valence-electron chi connectivity index (χ2n) is 2.61. The largest absolute Gasteiger partial charge is 0.350 e. The molecule has 0 unspecified atom stereocenters. The van der Waals surface area contributed by atoms with E-state index >= 15 is 0 Å². The van der Waals surface area contributed by atoms with Crippen molar-refractivity contribution in [2.24, 2.45) is 7.05 Å². The van der Waals surface area contributed by atoms with Gasteiger partial charge in [0.2, 0.25) is 0 Å². The maximum Gasteiger partial charge on any atom is 0.350 e. The minimum Gasteiger partial charge on any atom is -0.247 e. The molecule has 0 fully saturated rings. The molecule has 0 N–H and O–H groups in total. The Labute approximate surface area is 80.7 Å². The third-order valence-corrected chi connectivity index (χ3v) is 2.12. The molecule has 0 saturated carbocycles. The molecule has 0 atom stereocenters. The molecule has 0 radical (unpaired) electrons. The molecule has 0 aliphatic carbocycles. The zero-order valence-electron chi connectivity index (χ0n) is 6.66. The number of halogens is 2. The van der Waals surface area contributed by atoms with Crippen LogP contribution in [0.3, 0.4) is 0 Å². The van der Waals surface area contributed by atoms with Gasteiger partial charge < -0.3 is 0 Å². The lowest BCUT2D eigenvalue weighted by Gasteiger charge is -1.93. The highest BCUT2D eigenvalue weighted by molar-refractivity contribution is 9.10. The molecule has 2 aromatic rings. The fourth-order valence-corrected chi connectivity index (χ4v) is 1.51. The SMILES string of the molecule is Cn1nc2c(F)cc(Br)cn2c1=O. The first kappa shape index (κ1) is 8.43. The number of aryl methyl sites for hydroxylation is 1. The molecule has 6 heteroatoms. The second kappa shape index (κ2) is 2.66. The van der Waals surface area contributed by atoms with Crippen molar-refractivity contribution in [1.82, 2.24) is 14.2 Å². The van der Waals surface area contributed by atoms with E-state index < -0.39 is 5.82 Å². The molecule has 0 saturated heterocycles. The summed E-state index contributed by atoms with van der Waals surface area (Å²) >= 11 is 3.09. The predicted molar refractivity (Wildman–Crippen MR) is 48.1 cm³/mol. The first-order chi connectivity index (χ1) is 6.09. The van der Waals surface area contributed by atoms with Crippen molar-refractivity contribution in [2.45, 2.75) is 0 Å². The fourth-order valence-electron chi connectivity index (χ4n) is 1.10. The molecular formula is C7H5BrFN3O. The third-order valence-electron chi connectivity index (χ3n) is 1.69. The van der Waals surface area contributed by atoms with Gasteiger partial charge in [0.05, 0.1) is 0 Å². The fraction of sp³-hybridized carbons (Fsp3) is 0.143. The van der Waals surface area contributed by atoms with E-state index in [1.165, 1.54) is 19.3 Å². The first-order valence-corrected chi connectivity index (χ1v) is 4.29. The van der Waals surface area contributed by atoms with Crippen molar-refractivity contribution in [3.63, 3.8) is 0 Å². The van der Waals surface area contributed by atoms with E-state index in [0.717, 1.165) is 9.08 Å². The summed E-state index contributed by atoms with van der Waals surface area (Å²) in [7, 11) is 1.47. The number of hydrogen-bond acceptors (Lipinski definition) is 2. The summed E-state index contributed by atoms with van der Waals surface area (Å²) in [5.74, 6) is -0.521. The first-order valence-electron chi connectivity index (χ1n) is 3.50. The molecular weight excluding hydrogens is 241 g/mol. The molecule has 68 valence electrons. The molecule has 0 aromatic carbocycles. The Kier molecular flexibility index (Phi) is 1.73. The van der Waals surface area contributed by atoms with Crippen LogP contribution in [0.4, 0.5) is 4.39 Å². The zero-order chi connectivity index (χ0) is 9.59. The summed E-state index contributed by atoms with van der Waals surface area (Å²) in [6.45, 7) is 0. The number of aromatic nitrogens is 3. The van der Waals surface area contributed by atoms with Crippen LogP contribution in [0.5, 0.6) is 0 Å². The van der Waals surface area contributed by atoms with E-state index in [2.05, 4.69) is 21.0 Å². The highest BCUT2D eigenvalue weighted by atomic mass is 79.9. The van der Waals surface area contributed by atoms with Gasteiger partial charge in [-0.2, -0.15) is 0 Å².